The van der Waals surface area contributed by atoms with Crippen molar-refractivity contribution in [3.63, 3.8) is 0 Å². The number of pyridine rings is 1. The van der Waals surface area contributed by atoms with Gasteiger partial charge in [-0.05, 0) is 63.5 Å². The minimum absolute atomic E-state index is 0.0171. The number of nitrogens with zero attached hydrogens (tertiary/aromatic N) is 3. The van der Waals surface area contributed by atoms with Gasteiger partial charge in [0.05, 0.1) is 35.8 Å². The highest BCUT2D eigenvalue weighted by molar-refractivity contribution is 5.86. The van der Waals surface area contributed by atoms with Gasteiger partial charge in [-0.2, -0.15) is 13.2 Å². The number of carbonyl (C=O) groups is 1. The lowest BCUT2D eigenvalue weighted by atomic mass is 9.59. The average molecular weight is 539 g/mol. The third-order valence-corrected chi connectivity index (χ3v) is 9.87. The lowest BCUT2D eigenvalue weighted by Crippen LogP contribution is -2.63. The van der Waals surface area contributed by atoms with E-state index < -0.39 is 22.9 Å². The topological polar surface area (TPSA) is 87.2 Å². The molecule has 6 atom stereocenters. The maximum Gasteiger partial charge on any atom is 0.433 e. The molecular formula is C27H37F3N4O4. The average Bonchev–Trinajstić information content (AvgIpc) is 3.62. The van der Waals surface area contributed by atoms with Gasteiger partial charge in [-0.25, -0.2) is 4.98 Å². The largest absolute Gasteiger partial charge is 0.433 e. The van der Waals surface area contributed by atoms with Crippen LogP contribution in [0.3, 0.4) is 0 Å². The number of carbonyl (C=O) groups excluding carboxylic acids is 1. The Kier molecular flexibility index (Phi) is 6.64. The number of amides is 1. The first-order chi connectivity index (χ1) is 18.1. The number of hydrogen-bond acceptors (Lipinski definition) is 7. The van der Waals surface area contributed by atoms with E-state index in [2.05, 4.69) is 10.3 Å². The second-order valence-electron chi connectivity index (χ2n) is 11.8. The van der Waals surface area contributed by atoms with Crippen molar-refractivity contribution in [1.82, 2.24) is 15.2 Å². The number of methoxy groups -OCH3 is 1. The quantitative estimate of drug-likeness (QED) is 0.576. The van der Waals surface area contributed by atoms with E-state index in [1.807, 2.05) is 9.80 Å². The van der Waals surface area contributed by atoms with Gasteiger partial charge in [0.15, 0.2) is 0 Å². The number of hydrogen-bond donors (Lipinski definition) is 2. The van der Waals surface area contributed by atoms with Gasteiger partial charge >= 0.3 is 6.18 Å². The van der Waals surface area contributed by atoms with Crippen molar-refractivity contribution >= 4 is 11.7 Å². The molecule has 2 saturated carbocycles. The summed E-state index contributed by atoms with van der Waals surface area (Å²) >= 11 is 0. The van der Waals surface area contributed by atoms with Crippen molar-refractivity contribution in [2.75, 3.05) is 38.3 Å². The number of halogens is 3. The van der Waals surface area contributed by atoms with E-state index in [-0.39, 0.29) is 36.2 Å². The Morgan fingerprint density at radius 2 is 2.03 bits per heavy atom. The van der Waals surface area contributed by atoms with Gasteiger partial charge in [0.25, 0.3) is 0 Å². The van der Waals surface area contributed by atoms with Crippen LogP contribution in [-0.4, -0.2) is 90.2 Å². The fourth-order valence-corrected chi connectivity index (χ4v) is 7.64. The molecular weight excluding hydrogens is 501 g/mol. The van der Waals surface area contributed by atoms with E-state index in [1.54, 1.807) is 13.2 Å². The van der Waals surface area contributed by atoms with Crippen LogP contribution < -0.4 is 10.2 Å². The Labute approximate surface area is 220 Å². The summed E-state index contributed by atoms with van der Waals surface area (Å²) in [4.78, 5) is 22.0. The predicted octanol–water partition coefficient (Wildman–Crippen LogP) is 2.74. The lowest BCUT2D eigenvalue weighted by Gasteiger charge is -2.52. The van der Waals surface area contributed by atoms with Crippen molar-refractivity contribution < 1.29 is 32.5 Å². The SMILES string of the molecule is CO[C@@H]1COCC[C@@H]1N[C@@H]1CC[C@@](C(=O)N2C[C@H]3C[C@H]2CN3c2cccc(C(F)(F)F)n2)(C2(O)CCC2)C1. The predicted molar refractivity (Wildman–Crippen MR) is 133 cm³/mol. The number of piperazine rings is 1. The number of anilines is 1. The van der Waals surface area contributed by atoms with E-state index in [4.69, 9.17) is 9.47 Å². The number of likely N-dealkylation sites (tertiary alicyclic amines) is 1. The summed E-state index contributed by atoms with van der Waals surface area (Å²) in [6.45, 7) is 2.12. The van der Waals surface area contributed by atoms with E-state index >= 15 is 0 Å². The van der Waals surface area contributed by atoms with Crippen LogP contribution in [0.1, 0.15) is 57.1 Å². The number of rotatable bonds is 6. The van der Waals surface area contributed by atoms with E-state index in [1.165, 1.54) is 6.07 Å². The highest BCUT2D eigenvalue weighted by Gasteiger charge is 2.64. The third kappa shape index (κ3) is 4.30. The molecule has 2 bridgehead atoms. The molecule has 0 radical (unpaired) electrons. The maximum absolute atomic E-state index is 14.3. The molecule has 2 aliphatic carbocycles. The molecule has 3 aliphatic heterocycles. The summed E-state index contributed by atoms with van der Waals surface area (Å²) in [5.74, 6) is 0.324. The third-order valence-electron chi connectivity index (χ3n) is 9.87. The first-order valence-corrected chi connectivity index (χ1v) is 13.8. The van der Waals surface area contributed by atoms with Gasteiger partial charge in [-0.3, -0.25) is 4.79 Å². The van der Waals surface area contributed by atoms with Crippen LogP contribution in [0.4, 0.5) is 19.0 Å². The van der Waals surface area contributed by atoms with Crippen molar-refractivity contribution in [2.24, 2.45) is 5.41 Å². The van der Waals surface area contributed by atoms with E-state index in [9.17, 15) is 23.1 Å². The summed E-state index contributed by atoms with van der Waals surface area (Å²) in [6.07, 6.45) is 1.22. The summed E-state index contributed by atoms with van der Waals surface area (Å²) < 4.78 is 50.8. The Bertz CT molecular complexity index is 1050. The Morgan fingerprint density at radius 1 is 1.21 bits per heavy atom. The fraction of sp³-hybridized carbons (Fsp3) is 0.778. The van der Waals surface area contributed by atoms with Crippen LogP contribution in [0.2, 0.25) is 0 Å². The van der Waals surface area contributed by atoms with Crippen LogP contribution >= 0.6 is 0 Å². The van der Waals surface area contributed by atoms with Gasteiger partial charge in [-0.1, -0.05) is 6.07 Å². The standard InChI is InChI=1S/C27H37F3N4O4/c1-37-21-16-38-11-7-20(21)31-17-6-10-25(13-17,26(36)8-3-9-26)24(35)34-15-18-12-19(34)14-33(18)23-5-2-4-22(32-23)27(28,29)30/h2,4-5,17-21,31,36H,3,6-16H2,1H3/t17-,18-,19+,20+,21-,25-/m1/s1. The molecule has 0 unspecified atom stereocenters. The summed E-state index contributed by atoms with van der Waals surface area (Å²) in [5, 5.41) is 15.4. The van der Waals surface area contributed by atoms with Crippen molar-refractivity contribution in [3.05, 3.63) is 23.9 Å². The number of alkyl halides is 3. The molecule has 1 aromatic heterocycles. The zero-order valence-corrected chi connectivity index (χ0v) is 21.8. The monoisotopic (exact) mass is 538 g/mol. The molecule has 5 fully saturated rings. The van der Waals surface area contributed by atoms with Gasteiger partial charge in [-0.15, -0.1) is 0 Å². The Hall–Kier alpha value is -1.95. The van der Waals surface area contributed by atoms with Crippen LogP contribution in [0.5, 0.6) is 0 Å². The molecule has 1 amide bonds. The first-order valence-electron chi connectivity index (χ1n) is 13.8. The zero-order valence-electron chi connectivity index (χ0n) is 21.8. The molecule has 4 heterocycles. The van der Waals surface area contributed by atoms with Crippen molar-refractivity contribution in [1.29, 1.82) is 0 Å². The number of nitrogens with one attached hydrogen (secondary N) is 1. The van der Waals surface area contributed by atoms with Crippen molar-refractivity contribution in [3.8, 4) is 0 Å². The number of fused-ring (bicyclic) bond motifs is 2. The van der Waals surface area contributed by atoms with Gasteiger partial charge in [0.2, 0.25) is 5.91 Å². The molecule has 38 heavy (non-hydrogen) atoms. The Morgan fingerprint density at radius 3 is 2.68 bits per heavy atom. The second kappa shape index (κ2) is 9.60. The van der Waals surface area contributed by atoms with Crippen LogP contribution in [0.15, 0.2) is 18.2 Å². The highest BCUT2D eigenvalue weighted by atomic mass is 19.4. The number of aromatic nitrogens is 1. The second-order valence-corrected chi connectivity index (χ2v) is 11.8. The lowest BCUT2D eigenvalue weighted by molar-refractivity contribution is -0.178. The van der Waals surface area contributed by atoms with Gasteiger partial charge in [0.1, 0.15) is 11.5 Å². The molecule has 0 spiro atoms. The number of ether oxygens (including phenoxy) is 2. The van der Waals surface area contributed by atoms with E-state index in [0.29, 0.717) is 64.2 Å². The maximum atomic E-state index is 14.3. The molecule has 11 heteroatoms. The first kappa shape index (κ1) is 26.3. The fourth-order valence-electron chi connectivity index (χ4n) is 7.64. The molecule has 210 valence electrons. The molecule has 1 aromatic rings. The van der Waals surface area contributed by atoms with Gasteiger partial charge < -0.3 is 29.7 Å². The zero-order chi connectivity index (χ0) is 26.7. The van der Waals surface area contributed by atoms with Gasteiger partial charge in [0, 0.05) is 38.9 Å². The van der Waals surface area contributed by atoms with Crippen LogP contribution in [0, 0.1) is 5.41 Å². The minimum Gasteiger partial charge on any atom is -0.389 e. The number of aliphatic hydroxyl groups is 1. The summed E-state index contributed by atoms with van der Waals surface area (Å²) in [7, 11) is 1.69. The molecule has 0 aromatic carbocycles. The smallest absolute Gasteiger partial charge is 0.389 e. The summed E-state index contributed by atoms with van der Waals surface area (Å²) in [5.41, 5.74) is -2.73. The van der Waals surface area contributed by atoms with E-state index in [0.717, 1.165) is 25.3 Å². The molecule has 8 nitrogen and oxygen atoms in total. The van der Waals surface area contributed by atoms with Crippen LogP contribution in [0.25, 0.3) is 0 Å². The molecule has 2 N–H and O–H groups in total. The Balaban J connectivity index is 1.17. The van der Waals surface area contributed by atoms with Crippen molar-refractivity contribution in [2.45, 2.75) is 93.4 Å². The molecule has 6 rings (SSSR count). The molecule has 3 saturated heterocycles. The molecule has 5 aliphatic rings. The van der Waals surface area contributed by atoms with Crippen LogP contribution in [-0.2, 0) is 20.4 Å². The highest BCUT2D eigenvalue weighted by Crippen LogP contribution is 2.57. The minimum atomic E-state index is -4.50. The summed E-state index contributed by atoms with van der Waals surface area (Å²) in [6, 6.07) is 4.07. The normalized spacial score (nSPS) is 36.5.